The first-order chi connectivity index (χ1) is 17.5. The van der Waals surface area contributed by atoms with Crippen LogP contribution in [0, 0.1) is 0 Å². The second kappa shape index (κ2) is 12.3. The molecule has 0 fully saturated rings. The SMILES string of the molecule is COc1cccc(Cc2nsc(Oc3cccc(C(=O)N(CCN(C)C)Cc4ccccc4)c3)n2)c1. The topological polar surface area (TPSA) is 67.8 Å². The second-order valence-electron chi connectivity index (χ2n) is 8.65. The van der Waals surface area contributed by atoms with E-state index in [4.69, 9.17) is 9.47 Å². The van der Waals surface area contributed by atoms with Crippen molar-refractivity contribution >= 4 is 17.4 Å². The van der Waals surface area contributed by atoms with E-state index in [1.54, 1.807) is 13.2 Å². The molecule has 7 nitrogen and oxygen atoms in total. The van der Waals surface area contributed by atoms with Crippen molar-refractivity contribution in [1.82, 2.24) is 19.2 Å². The molecule has 1 aromatic heterocycles. The fourth-order valence-corrected chi connectivity index (χ4v) is 4.24. The summed E-state index contributed by atoms with van der Waals surface area (Å²) in [5.74, 6) is 1.99. The molecule has 0 N–H and O–H groups in total. The molecular weight excluding hydrogens is 472 g/mol. The number of ether oxygens (including phenoxy) is 2. The maximum Gasteiger partial charge on any atom is 0.298 e. The first-order valence-corrected chi connectivity index (χ1v) is 12.5. The Kier molecular flexibility index (Phi) is 8.65. The zero-order valence-corrected chi connectivity index (χ0v) is 21.6. The van der Waals surface area contributed by atoms with E-state index in [0.29, 0.717) is 41.8 Å². The van der Waals surface area contributed by atoms with Gasteiger partial charge in [0.05, 0.1) is 7.11 Å². The van der Waals surface area contributed by atoms with Crippen LogP contribution in [0.15, 0.2) is 78.9 Å². The van der Waals surface area contributed by atoms with E-state index in [9.17, 15) is 4.79 Å². The van der Waals surface area contributed by atoms with Gasteiger partial charge in [-0.25, -0.2) is 0 Å². The van der Waals surface area contributed by atoms with Gasteiger partial charge in [-0.1, -0.05) is 48.5 Å². The maximum absolute atomic E-state index is 13.4. The summed E-state index contributed by atoms with van der Waals surface area (Å²) in [4.78, 5) is 21.9. The van der Waals surface area contributed by atoms with Gasteiger partial charge in [0, 0.05) is 43.2 Å². The third-order valence-corrected chi connectivity index (χ3v) is 6.19. The van der Waals surface area contributed by atoms with E-state index < -0.39 is 0 Å². The van der Waals surface area contributed by atoms with Gasteiger partial charge < -0.3 is 19.3 Å². The zero-order chi connectivity index (χ0) is 25.3. The lowest BCUT2D eigenvalue weighted by Gasteiger charge is -2.25. The van der Waals surface area contributed by atoms with Crippen LogP contribution in [0.5, 0.6) is 16.7 Å². The molecule has 0 spiro atoms. The Balaban J connectivity index is 1.45. The summed E-state index contributed by atoms with van der Waals surface area (Å²) >= 11 is 1.19. The van der Waals surface area contributed by atoms with Crippen molar-refractivity contribution in [2.75, 3.05) is 34.3 Å². The average Bonchev–Trinajstić information content (AvgIpc) is 3.33. The van der Waals surface area contributed by atoms with E-state index in [1.807, 2.05) is 91.8 Å². The molecule has 0 saturated heterocycles. The minimum absolute atomic E-state index is 0.0397. The largest absolute Gasteiger partial charge is 0.497 e. The Morgan fingerprint density at radius 2 is 1.64 bits per heavy atom. The van der Waals surface area contributed by atoms with Gasteiger partial charge in [-0.2, -0.15) is 9.36 Å². The number of methoxy groups -OCH3 is 1. The summed E-state index contributed by atoms with van der Waals surface area (Å²) in [6.07, 6.45) is 0.579. The predicted molar refractivity (Wildman–Crippen MR) is 142 cm³/mol. The third kappa shape index (κ3) is 7.13. The van der Waals surface area contributed by atoms with Gasteiger partial charge >= 0.3 is 0 Å². The van der Waals surface area contributed by atoms with Gasteiger partial charge in [0.15, 0.2) is 5.82 Å². The number of likely N-dealkylation sites (N-methyl/N-ethyl adjacent to an activating group) is 1. The Bertz CT molecular complexity index is 1280. The van der Waals surface area contributed by atoms with Crippen molar-refractivity contribution < 1.29 is 14.3 Å². The molecular formula is C28H30N4O3S. The van der Waals surface area contributed by atoms with Gasteiger partial charge in [-0.3, -0.25) is 4.79 Å². The van der Waals surface area contributed by atoms with E-state index in [-0.39, 0.29) is 5.91 Å². The summed E-state index contributed by atoms with van der Waals surface area (Å²) < 4.78 is 15.7. The number of hydrogen-bond donors (Lipinski definition) is 0. The van der Waals surface area contributed by atoms with E-state index >= 15 is 0 Å². The van der Waals surface area contributed by atoms with E-state index in [2.05, 4.69) is 14.3 Å². The highest BCUT2D eigenvalue weighted by Crippen LogP contribution is 2.26. The molecule has 1 heterocycles. The Hall–Kier alpha value is -3.75. The summed E-state index contributed by atoms with van der Waals surface area (Å²) in [6, 6.07) is 25.1. The van der Waals surface area contributed by atoms with Crippen molar-refractivity contribution in [3.05, 3.63) is 101 Å². The average molecular weight is 503 g/mol. The van der Waals surface area contributed by atoms with Gasteiger partial charge in [-0.05, 0) is 55.6 Å². The highest BCUT2D eigenvalue weighted by molar-refractivity contribution is 7.07. The molecule has 4 aromatic rings. The van der Waals surface area contributed by atoms with Crippen molar-refractivity contribution in [1.29, 1.82) is 0 Å². The molecule has 186 valence electrons. The number of carbonyl (C=O) groups excluding carboxylic acids is 1. The maximum atomic E-state index is 13.4. The molecule has 0 atom stereocenters. The molecule has 4 rings (SSSR count). The second-order valence-corrected chi connectivity index (χ2v) is 9.36. The van der Waals surface area contributed by atoms with Gasteiger partial charge in [0.2, 0.25) is 0 Å². The quantitative estimate of drug-likeness (QED) is 0.283. The standard InChI is InChI=1S/C28H30N4O3S/c1-31(2)15-16-32(20-21-9-5-4-6-10-21)27(33)23-12-8-14-25(19-23)35-28-29-26(30-36-28)18-22-11-7-13-24(17-22)34-3/h4-14,17,19H,15-16,18,20H2,1-3H3. The number of benzene rings is 3. The Labute approximate surface area is 216 Å². The number of nitrogens with zero attached hydrogens (tertiary/aromatic N) is 4. The minimum Gasteiger partial charge on any atom is -0.497 e. The molecule has 0 aliphatic rings. The molecule has 0 radical (unpaired) electrons. The monoisotopic (exact) mass is 502 g/mol. The van der Waals surface area contributed by atoms with Gasteiger partial charge in [0.1, 0.15) is 11.5 Å². The van der Waals surface area contributed by atoms with Crippen LogP contribution < -0.4 is 9.47 Å². The number of amides is 1. The van der Waals surface area contributed by atoms with Crippen LogP contribution in [-0.2, 0) is 13.0 Å². The molecule has 0 saturated carbocycles. The highest BCUT2D eigenvalue weighted by Gasteiger charge is 2.18. The molecule has 36 heavy (non-hydrogen) atoms. The molecule has 0 aliphatic heterocycles. The van der Waals surface area contributed by atoms with Crippen molar-refractivity contribution in [3.63, 3.8) is 0 Å². The van der Waals surface area contributed by atoms with E-state index in [1.165, 1.54) is 11.5 Å². The Morgan fingerprint density at radius 1 is 0.889 bits per heavy atom. The van der Waals surface area contributed by atoms with Crippen LogP contribution in [-0.4, -0.2) is 59.4 Å². The zero-order valence-electron chi connectivity index (χ0n) is 20.8. The molecule has 3 aromatic carbocycles. The summed E-state index contributed by atoms with van der Waals surface area (Å²) in [5, 5.41) is 0.436. The van der Waals surface area contributed by atoms with Crippen LogP contribution in [0.1, 0.15) is 27.3 Å². The number of rotatable bonds is 11. The van der Waals surface area contributed by atoms with Crippen LogP contribution in [0.3, 0.4) is 0 Å². The van der Waals surface area contributed by atoms with Crippen LogP contribution in [0.25, 0.3) is 0 Å². The molecule has 1 amide bonds. The number of carbonyl (C=O) groups is 1. The fourth-order valence-electron chi connectivity index (χ4n) is 3.67. The predicted octanol–water partition coefficient (Wildman–Crippen LogP) is 5.13. The van der Waals surface area contributed by atoms with Gasteiger partial charge in [0.25, 0.3) is 11.1 Å². The highest BCUT2D eigenvalue weighted by atomic mass is 32.1. The summed E-state index contributed by atoms with van der Waals surface area (Å²) in [5.41, 5.74) is 2.72. The van der Waals surface area contributed by atoms with E-state index in [0.717, 1.165) is 23.4 Å². The lowest BCUT2D eigenvalue weighted by Crippen LogP contribution is -2.36. The molecule has 8 heteroatoms. The molecule has 0 bridgehead atoms. The summed E-state index contributed by atoms with van der Waals surface area (Å²) in [7, 11) is 5.66. The van der Waals surface area contributed by atoms with Gasteiger partial charge in [-0.15, -0.1) is 0 Å². The minimum atomic E-state index is -0.0397. The van der Waals surface area contributed by atoms with Crippen molar-refractivity contribution in [3.8, 4) is 16.7 Å². The molecule has 0 aliphatic carbocycles. The lowest BCUT2D eigenvalue weighted by atomic mass is 10.1. The summed E-state index contributed by atoms with van der Waals surface area (Å²) in [6.45, 7) is 1.94. The fraction of sp³-hybridized carbons (Fsp3) is 0.250. The van der Waals surface area contributed by atoms with Crippen LogP contribution in [0.2, 0.25) is 0 Å². The Morgan fingerprint density at radius 3 is 2.42 bits per heavy atom. The van der Waals surface area contributed by atoms with Crippen molar-refractivity contribution in [2.24, 2.45) is 0 Å². The smallest absolute Gasteiger partial charge is 0.298 e. The normalized spacial score (nSPS) is 10.9. The number of aromatic nitrogens is 2. The molecule has 0 unspecified atom stereocenters. The first-order valence-electron chi connectivity index (χ1n) is 11.7. The van der Waals surface area contributed by atoms with Crippen molar-refractivity contribution in [2.45, 2.75) is 13.0 Å². The number of hydrogen-bond acceptors (Lipinski definition) is 7. The lowest BCUT2D eigenvalue weighted by molar-refractivity contribution is 0.0731. The van der Waals surface area contributed by atoms with Crippen LogP contribution in [0.4, 0.5) is 0 Å². The third-order valence-electron chi connectivity index (χ3n) is 5.55. The first kappa shape index (κ1) is 25.3. The van der Waals surface area contributed by atoms with Crippen LogP contribution >= 0.6 is 11.5 Å².